The Bertz CT molecular complexity index is 1010. The molecule has 8 aliphatic carbocycles. The molecule has 6 unspecified atom stereocenters. The molecule has 8 rings (SSSR count). The average Bonchev–Trinajstić information content (AvgIpc) is 3.35. The third-order valence-corrected chi connectivity index (χ3v) is 15.3. The highest BCUT2D eigenvalue weighted by Crippen LogP contribution is 2.68. The van der Waals surface area contributed by atoms with Gasteiger partial charge in [0.1, 0.15) is 6.79 Å². The lowest BCUT2D eigenvalue weighted by atomic mass is 9.43. The summed E-state index contributed by atoms with van der Waals surface area (Å²) in [6, 6.07) is 0. The number of aliphatic hydroxyl groups excluding tert-OH is 2. The second kappa shape index (κ2) is 12.4. The van der Waals surface area contributed by atoms with Gasteiger partial charge in [0, 0.05) is 13.5 Å². The highest BCUT2D eigenvalue weighted by atomic mass is 16.7. The quantitative estimate of drug-likeness (QED) is 0.219. The number of aliphatic hydroxyl groups is 2. The Hall–Kier alpha value is -0.730. The summed E-state index contributed by atoms with van der Waals surface area (Å²) in [5.41, 5.74) is -0.0959. The molecule has 0 amide bonds. The molecule has 0 aromatic heterocycles. The van der Waals surface area contributed by atoms with Crippen LogP contribution in [-0.4, -0.2) is 61.3 Å². The monoisotopic (exact) mass is 616 g/mol. The first kappa shape index (κ1) is 31.8. The molecule has 11 atom stereocenters. The summed E-state index contributed by atoms with van der Waals surface area (Å²) in [5, 5.41) is 23.6. The highest BCUT2D eigenvalue weighted by molar-refractivity contribution is 5.69. The number of carbonyl (C=O) groups excluding carboxylic acids is 1. The largest absolute Gasteiger partial charge is 0.438 e. The molecule has 8 saturated carbocycles. The number of methoxy groups -OCH3 is 1. The summed E-state index contributed by atoms with van der Waals surface area (Å²) in [5.74, 6) is 4.98. The van der Waals surface area contributed by atoms with Crippen LogP contribution in [0.1, 0.15) is 111 Å². The van der Waals surface area contributed by atoms with Crippen LogP contribution >= 0.6 is 0 Å². The van der Waals surface area contributed by atoms with Crippen LogP contribution in [0.15, 0.2) is 0 Å². The van der Waals surface area contributed by atoms with E-state index in [1.807, 2.05) is 0 Å². The molecule has 2 N–H and O–H groups in total. The molecular weight excluding hydrogens is 556 g/mol. The van der Waals surface area contributed by atoms with Gasteiger partial charge in [0.2, 0.25) is 0 Å². The zero-order valence-corrected chi connectivity index (χ0v) is 27.8. The van der Waals surface area contributed by atoms with Crippen molar-refractivity contribution in [3.8, 4) is 0 Å². The minimum Gasteiger partial charge on any atom is -0.438 e. The van der Waals surface area contributed by atoms with E-state index in [2.05, 4.69) is 20.8 Å². The Morgan fingerprint density at radius 2 is 1.59 bits per heavy atom. The first-order valence-electron chi connectivity index (χ1n) is 18.4. The highest BCUT2D eigenvalue weighted by Gasteiger charge is 2.65. The third kappa shape index (κ3) is 5.41. The molecule has 0 aliphatic heterocycles. The van der Waals surface area contributed by atoms with E-state index in [9.17, 15) is 15.0 Å². The minimum absolute atomic E-state index is 0.0993. The van der Waals surface area contributed by atoms with Crippen molar-refractivity contribution >= 4 is 5.97 Å². The van der Waals surface area contributed by atoms with E-state index < -0.39 is 0 Å². The summed E-state index contributed by atoms with van der Waals surface area (Å²) in [6.07, 6.45) is 14.4. The molecule has 7 nitrogen and oxygen atoms in total. The summed E-state index contributed by atoms with van der Waals surface area (Å²) < 4.78 is 23.0. The minimum atomic E-state index is -0.379. The molecule has 0 heterocycles. The lowest BCUT2D eigenvalue weighted by Crippen LogP contribution is -2.62. The van der Waals surface area contributed by atoms with Gasteiger partial charge in [-0.05, 0) is 153 Å². The van der Waals surface area contributed by atoms with E-state index in [0.717, 1.165) is 63.2 Å². The lowest BCUT2D eigenvalue weighted by Gasteiger charge is -2.63. The van der Waals surface area contributed by atoms with Gasteiger partial charge in [-0.1, -0.05) is 20.8 Å². The van der Waals surface area contributed by atoms with E-state index in [-0.39, 0.29) is 53.9 Å². The van der Waals surface area contributed by atoms with Gasteiger partial charge in [0.15, 0.2) is 6.79 Å². The van der Waals surface area contributed by atoms with E-state index in [1.54, 1.807) is 7.11 Å². The van der Waals surface area contributed by atoms with Crippen molar-refractivity contribution in [2.75, 3.05) is 20.7 Å². The second-order valence-corrected chi connectivity index (χ2v) is 17.3. The first-order valence-corrected chi connectivity index (χ1v) is 18.4. The van der Waals surface area contributed by atoms with Gasteiger partial charge >= 0.3 is 5.97 Å². The predicted molar refractivity (Wildman–Crippen MR) is 166 cm³/mol. The Labute approximate surface area is 265 Å². The summed E-state index contributed by atoms with van der Waals surface area (Å²) >= 11 is 0. The van der Waals surface area contributed by atoms with Gasteiger partial charge < -0.3 is 29.2 Å². The Morgan fingerprint density at radius 1 is 0.864 bits per heavy atom. The summed E-state index contributed by atoms with van der Waals surface area (Å²) in [4.78, 5) is 12.8. The van der Waals surface area contributed by atoms with E-state index in [0.29, 0.717) is 54.6 Å². The number of esters is 1. The summed E-state index contributed by atoms with van der Waals surface area (Å²) in [6.45, 7) is 7.44. The topological polar surface area (TPSA) is 94.5 Å². The molecule has 0 spiro atoms. The number of hydrogen-bond donors (Lipinski definition) is 2. The van der Waals surface area contributed by atoms with Crippen LogP contribution in [0, 0.1) is 70.0 Å². The van der Waals surface area contributed by atoms with E-state index in [4.69, 9.17) is 18.9 Å². The van der Waals surface area contributed by atoms with Gasteiger partial charge in [-0.3, -0.25) is 4.79 Å². The lowest BCUT2D eigenvalue weighted by molar-refractivity contribution is -0.213. The zero-order valence-electron chi connectivity index (χ0n) is 27.8. The maximum Gasteiger partial charge on any atom is 0.307 e. The predicted octanol–water partition coefficient (Wildman–Crippen LogP) is 6.33. The molecule has 44 heavy (non-hydrogen) atoms. The van der Waals surface area contributed by atoms with Crippen LogP contribution in [0.25, 0.3) is 0 Å². The van der Waals surface area contributed by atoms with Crippen molar-refractivity contribution in [2.24, 2.45) is 70.0 Å². The van der Waals surface area contributed by atoms with Crippen LogP contribution in [0.3, 0.4) is 0 Å². The van der Waals surface area contributed by atoms with Crippen LogP contribution in [0.4, 0.5) is 0 Å². The fraction of sp³-hybridized carbons (Fsp3) is 0.973. The average molecular weight is 617 g/mol. The second-order valence-electron chi connectivity index (χ2n) is 17.3. The van der Waals surface area contributed by atoms with Gasteiger partial charge in [-0.2, -0.15) is 0 Å². The molecule has 0 radical (unpaired) electrons. The molecular formula is C37H60O7. The Kier molecular flexibility index (Phi) is 8.96. The summed E-state index contributed by atoms with van der Waals surface area (Å²) in [7, 11) is 1.67. The van der Waals surface area contributed by atoms with Crippen molar-refractivity contribution in [2.45, 2.75) is 135 Å². The molecule has 250 valence electrons. The van der Waals surface area contributed by atoms with E-state index >= 15 is 0 Å². The fourth-order valence-electron chi connectivity index (χ4n) is 13.4. The standard InChI is InChI=1S/C37H60O7/c1-21(5-8-33(40)43-20-44-35-24-12-22-11-23(14-24)15-25(35)13-22)28-6-7-29-34-30(18-32(39)37(28,29)3)36(2)10-9-27(42-19-41-4)16-26(36)17-31(34)38/h21-32,34-35,38-39H,5-20H2,1-4H3/t21?,22?,23?,24?,25?,26?,27-,28?,29?,30?,31-,32+,34?,35?,36+,37-/m1/s1. The van der Waals surface area contributed by atoms with Crippen molar-refractivity contribution < 1.29 is 34.0 Å². The van der Waals surface area contributed by atoms with Crippen molar-refractivity contribution in [1.29, 1.82) is 0 Å². The molecule has 8 aliphatic rings. The third-order valence-electron chi connectivity index (χ3n) is 15.3. The van der Waals surface area contributed by atoms with Gasteiger partial charge in [-0.15, -0.1) is 0 Å². The number of carbonyl (C=O) groups is 1. The van der Waals surface area contributed by atoms with Crippen molar-refractivity contribution in [1.82, 2.24) is 0 Å². The number of fused-ring (bicyclic) bond motifs is 5. The number of rotatable bonds is 10. The normalized spacial score (nSPS) is 51.4. The number of ether oxygens (including phenoxy) is 4. The van der Waals surface area contributed by atoms with Gasteiger partial charge in [0.25, 0.3) is 0 Å². The molecule has 8 fully saturated rings. The fourth-order valence-corrected chi connectivity index (χ4v) is 13.4. The molecule has 0 aromatic carbocycles. The van der Waals surface area contributed by atoms with Gasteiger partial charge in [-0.25, -0.2) is 0 Å². The maximum absolute atomic E-state index is 12.8. The van der Waals surface area contributed by atoms with Crippen molar-refractivity contribution in [3.63, 3.8) is 0 Å². The SMILES string of the molecule is COCO[C@@H]1CC[C@@]2(C)C(C1)C[C@@H](O)C1C2C[C@H](O)[C@]2(C)C(C(C)CCC(=O)OCOC3C4CC5CC(C4)CC3C5)CCC12. The van der Waals surface area contributed by atoms with Crippen LogP contribution in [0.2, 0.25) is 0 Å². The Morgan fingerprint density at radius 3 is 2.30 bits per heavy atom. The zero-order chi connectivity index (χ0) is 30.8. The Balaban J connectivity index is 0.930. The van der Waals surface area contributed by atoms with Crippen LogP contribution in [-0.2, 0) is 23.7 Å². The van der Waals surface area contributed by atoms with E-state index in [1.165, 1.54) is 32.1 Å². The van der Waals surface area contributed by atoms with Crippen molar-refractivity contribution in [3.05, 3.63) is 0 Å². The number of hydrogen-bond acceptors (Lipinski definition) is 7. The van der Waals surface area contributed by atoms with Gasteiger partial charge in [0.05, 0.1) is 24.4 Å². The first-order chi connectivity index (χ1) is 21.1. The molecule has 7 heteroatoms. The molecule has 0 saturated heterocycles. The maximum atomic E-state index is 12.8. The molecule has 4 bridgehead atoms. The molecule has 0 aromatic rings. The smallest absolute Gasteiger partial charge is 0.307 e. The van der Waals surface area contributed by atoms with Crippen LogP contribution < -0.4 is 0 Å². The van der Waals surface area contributed by atoms with Crippen LogP contribution in [0.5, 0.6) is 0 Å².